The summed E-state index contributed by atoms with van der Waals surface area (Å²) in [5.74, 6) is -1.25. The average Bonchev–Trinajstić information content (AvgIpc) is 3.13. The van der Waals surface area contributed by atoms with E-state index < -0.39 is 19.9 Å². The van der Waals surface area contributed by atoms with Gasteiger partial charge in [-0.05, 0) is 52.2 Å². The minimum absolute atomic E-state index is 0.0264. The molecule has 4 atom stereocenters. The smallest absolute Gasteiger partial charge is 0.192 e. The molecule has 2 heterocycles. The molecule has 0 radical (unpaired) electrons. The summed E-state index contributed by atoms with van der Waals surface area (Å²) in [4.78, 5) is 0. The Morgan fingerprint density at radius 2 is 1.19 bits per heavy atom. The summed E-state index contributed by atoms with van der Waals surface area (Å²) in [7, 11) is -1.88. The highest BCUT2D eigenvalue weighted by Crippen LogP contribution is 2.41. The molecule has 0 aromatic rings. The fourth-order valence-electron chi connectivity index (χ4n) is 4.44. The van der Waals surface area contributed by atoms with E-state index in [0.717, 1.165) is 12.8 Å². The fourth-order valence-corrected chi connectivity index (χ4v) is 5.46. The summed E-state index contributed by atoms with van der Waals surface area (Å²) < 4.78 is 32.0. The second-order valence-corrected chi connectivity index (χ2v) is 17.1. The molecule has 2 fully saturated rings. The van der Waals surface area contributed by atoms with E-state index in [-0.39, 0.29) is 29.5 Å². The number of rotatable bonds is 12. The monoisotopic (exact) mass is 472 g/mol. The maximum Gasteiger partial charge on any atom is 0.192 e. The van der Waals surface area contributed by atoms with Crippen LogP contribution in [-0.2, 0) is 23.4 Å². The Labute approximate surface area is 199 Å². The third-order valence-electron chi connectivity index (χ3n) is 7.27. The molecule has 6 heteroatoms. The highest BCUT2D eigenvalue weighted by atomic mass is 28.4. The molecule has 5 nitrogen and oxygen atoms in total. The predicted molar refractivity (Wildman–Crippen MR) is 133 cm³/mol. The summed E-state index contributed by atoms with van der Waals surface area (Å²) in [5.41, 5.74) is 0. The molecule has 2 saturated heterocycles. The molecule has 2 aliphatic heterocycles. The largest absolute Gasteiger partial charge is 0.414 e. The first-order chi connectivity index (χ1) is 14.7. The zero-order valence-electron chi connectivity index (χ0n) is 22.7. The number of hydrogen-bond donors (Lipinski definition) is 0. The first-order valence-electron chi connectivity index (χ1n) is 13.0. The van der Waals surface area contributed by atoms with Gasteiger partial charge in [0.1, 0.15) is 18.3 Å². The van der Waals surface area contributed by atoms with Gasteiger partial charge in [-0.2, -0.15) is 0 Å². The van der Waals surface area contributed by atoms with Crippen molar-refractivity contribution in [2.24, 2.45) is 0 Å². The van der Waals surface area contributed by atoms with Crippen LogP contribution < -0.4 is 0 Å². The molecule has 2 rings (SSSR count). The van der Waals surface area contributed by atoms with Crippen LogP contribution in [0.2, 0.25) is 18.1 Å². The Kier molecular flexibility index (Phi) is 9.86. The molecule has 0 spiro atoms. The summed E-state index contributed by atoms with van der Waals surface area (Å²) in [6.45, 7) is 22.1. The van der Waals surface area contributed by atoms with Gasteiger partial charge >= 0.3 is 0 Å². The van der Waals surface area contributed by atoms with E-state index in [1.165, 1.54) is 38.5 Å². The second-order valence-electron chi connectivity index (χ2n) is 12.3. The molecule has 0 amide bonds. The van der Waals surface area contributed by atoms with Crippen molar-refractivity contribution in [2.45, 2.75) is 161 Å². The predicted octanol–water partition coefficient (Wildman–Crippen LogP) is 7.19. The van der Waals surface area contributed by atoms with Crippen LogP contribution in [0.25, 0.3) is 0 Å². The zero-order valence-corrected chi connectivity index (χ0v) is 23.7. The van der Waals surface area contributed by atoms with E-state index in [1.54, 1.807) is 0 Å². The van der Waals surface area contributed by atoms with Crippen molar-refractivity contribution >= 4 is 8.32 Å². The summed E-state index contributed by atoms with van der Waals surface area (Å²) in [6.07, 6.45) is 9.60. The van der Waals surface area contributed by atoms with Crippen molar-refractivity contribution in [3.05, 3.63) is 0 Å². The minimum Gasteiger partial charge on any atom is -0.414 e. The van der Waals surface area contributed by atoms with E-state index in [0.29, 0.717) is 6.61 Å². The molecule has 190 valence electrons. The van der Waals surface area contributed by atoms with Gasteiger partial charge in [0, 0.05) is 0 Å². The van der Waals surface area contributed by atoms with Crippen molar-refractivity contribution in [1.29, 1.82) is 0 Å². The van der Waals surface area contributed by atoms with Crippen molar-refractivity contribution in [3.8, 4) is 0 Å². The molecule has 0 aromatic carbocycles. The first-order valence-corrected chi connectivity index (χ1v) is 15.9. The maximum atomic E-state index is 6.53. The van der Waals surface area contributed by atoms with Gasteiger partial charge in [-0.1, -0.05) is 72.6 Å². The van der Waals surface area contributed by atoms with Gasteiger partial charge in [-0.25, -0.2) is 0 Å². The summed E-state index contributed by atoms with van der Waals surface area (Å²) in [5, 5.41) is 0.159. The van der Waals surface area contributed by atoms with Crippen LogP contribution in [0, 0.1) is 0 Å². The molecule has 0 aromatic heterocycles. The highest BCUT2D eigenvalue weighted by Gasteiger charge is 2.54. The number of unbranched alkanes of at least 4 members (excludes halogenated alkanes) is 6. The van der Waals surface area contributed by atoms with Crippen molar-refractivity contribution in [2.75, 3.05) is 6.61 Å². The molecule has 0 unspecified atom stereocenters. The van der Waals surface area contributed by atoms with Gasteiger partial charge in [0.2, 0.25) is 0 Å². The quantitative estimate of drug-likeness (QED) is 0.222. The first kappa shape index (κ1) is 28.3. The molecule has 0 bridgehead atoms. The Hall–Kier alpha value is 0.0169. The molecular weight excluding hydrogens is 420 g/mol. The molecule has 0 aliphatic carbocycles. The summed E-state index contributed by atoms with van der Waals surface area (Å²) >= 11 is 0. The lowest BCUT2D eigenvalue weighted by Gasteiger charge is -2.37. The third-order valence-corrected chi connectivity index (χ3v) is 11.8. The Bertz CT molecular complexity index is 569. The van der Waals surface area contributed by atoms with Gasteiger partial charge in [-0.3, -0.25) is 0 Å². The maximum absolute atomic E-state index is 6.53. The Morgan fingerprint density at radius 3 is 1.72 bits per heavy atom. The Morgan fingerprint density at radius 1 is 0.719 bits per heavy atom. The van der Waals surface area contributed by atoms with Crippen molar-refractivity contribution in [1.82, 2.24) is 0 Å². The lowest BCUT2D eigenvalue weighted by atomic mass is 9.98. The second kappa shape index (κ2) is 11.2. The normalized spacial score (nSPS) is 30.2. The van der Waals surface area contributed by atoms with Crippen molar-refractivity contribution < 1.29 is 23.4 Å². The topological polar surface area (TPSA) is 46.2 Å². The van der Waals surface area contributed by atoms with Crippen LogP contribution in [0.15, 0.2) is 0 Å². The van der Waals surface area contributed by atoms with E-state index >= 15 is 0 Å². The van der Waals surface area contributed by atoms with Gasteiger partial charge in [0.25, 0.3) is 0 Å². The Balaban J connectivity index is 2.00. The molecule has 0 saturated carbocycles. The summed E-state index contributed by atoms with van der Waals surface area (Å²) in [6, 6.07) is 0. The highest BCUT2D eigenvalue weighted by molar-refractivity contribution is 6.74. The van der Waals surface area contributed by atoms with Gasteiger partial charge < -0.3 is 23.4 Å². The van der Waals surface area contributed by atoms with Crippen LogP contribution in [0.4, 0.5) is 0 Å². The molecule has 2 aliphatic rings. The standard InChI is InChI=1S/C26H52O5Si/c1-11-12-13-14-15-16-17-18-20-22(30-25(5,6)28-20)23-21(29-26(7,8)31-23)19-27-32(9,10)24(2,3)4/h20-23H,11-19H2,1-10H3/t20-,21+,22+,23-/m0/s1. The molecule has 32 heavy (non-hydrogen) atoms. The van der Waals surface area contributed by atoms with Crippen LogP contribution >= 0.6 is 0 Å². The average molecular weight is 473 g/mol. The number of hydrogen-bond acceptors (Lipinski definition) is 5. The van der Waals surface area contributed by atoms with E-state index in [2.05, 4.69) is 40.8 Å². The molecule has 0 N–H and O–H groups in total. The van der Waals surface area contributed by atoms with E-state index in [4.69, 9.17) is 23.4 Å². The van der Waals surface area contributed by atoms with Crippen LogP contribution in [0.1, 0.15) is 107 Å². The van der Waals surface area contributed by atoms with Crippen molar-refractivity contribution in [3.63, 3.8) is 0 Å². The van der Waals surface area contributed by atoms with Gasteiger partial charge in [0.05, 0.1) is 12.7 Å². The SMILES string of the molecule is CCCCCCCCC[C@@H]1OC(C)(C)O[C@H]1[C@H]1OC(C)(C)O[C@@H]1CO[Si](C)(C)C(C)(C)C. The van der Waals surface area contributed by atoms with E-state index in [1.807, 2.05) is 27.7 Å². The lowest BCUT2D eigenvalue weighted by Crippen LogP contribution is -2.47. The van der Waals surface area contributed by atoms with Gasteiger partial charge in [-0.15, -0.1) is 0 Å². The number of ether oxygens (including phenoxy) is 4. The van der Waals surface area contributed by atoms with Gasteiger partial charge in [0.15, 0.2) is 19.9 Å². The lowest BCUT2D eigenvalue weighted by molar-refractivity contribution is -0.175. The van der Waals surface area contributed by atoms with Crippen LogP contribution in [0.5, 0.6) is 0 Å². The fraction of sp³-hybridized carbons (Fsp3) is 1.00. The zero-order chi connectivity index (χ0) is 24.2. The van der Waals surface area contributed by atoms with Crippen LogP contribution in [0.3, 0.4) is 0 Å². The van der Waals surface area contributed by atoms with Crippen LogP contribution in [-0.4, -0.2) is 50.9 Å². The molecular formula is C26H52O5Si. The third kappa shape index (κ3) is 8.05. The van der Waals surface area contributed by atoms with E-state index in [9.17, 15) is 0 Å². The minimum atomic E-state index is -1.88.